The fraction of sp³-hybridized carbons (Fsp3) is 0.300. The lowest BCUT2D eigenvalue weighted by atomic mass is 10.2. The van der Waals surface area contributed by atoms with Crippen molar-refractivity contribution in [2.24, 2.45) is 5.10 Å². The van der Waals surface area contributed by atoms with E-state index in [0.717, 1.165) is 29.6 Å². The second-order valence-electron chi connectivity index (χ2n) is 3.55. The lowest BCUT2D eigenvalue weighted by Gasteiger charge is -2.06. The van der Waals surface area contributed by atoms with Gasteiger partial charge in [0.15, 0.2) is 5.65 Å². The van der Waals surface area contributed by atoms with Crippen LogP contribution in [-0.2, 0) is 6.42 Å². The first kappa shape index (κ1) is 7.67. The van der Waals surface area contributed by atoms with Crippen molar-refractivity contribution in [3.63, 3.8) is 0 Å². The van der Waals surface area contributed by atoms with Crippen LogP contribution >= 0.6 is 0 Å². The van der Waals surface area contributed by atoms with Crippen molar-refractivity contribution >= 4 is 17.2 Å². The van der Waals surface area contributed by atoms with Crippen LogP contribution in [0.1, 0.15) is 17.8 Å². The maximum Gasteiger partial charge on any atom is 0.183 e. The molecule has 0 aromatic carbocycles. The molecule has 0 N–H and O–H groups in total. The van der Waals surface area contributed by atoms with Crippen molar-refractivity contribution in [2.45, 2.75) is 19.8 Å². The van der Waals surface area contributed by atoms with Crippen molar-refractivity contribution in [3.05, 3.63) is 23.5 Å². The third-order valence-electron chi connectivity index (χ3n) is 2.45. The van der Waals surface area contributed by atoms with Gasteiger partial charge in [-0.15, -0.1) is 5.10 Å². The molecule has 0 saturated carbocycles. The van der Waals surface area contributed by atoms with E-state index >= 15 is 0 Å². The number of fused-ring (bicyclic) bond motifs is 3. The summed E-state index contributed by atoms with van der Waals surface area (Å²) in [6, 6.07) is 4.19. The average Bonchev–Trinajstić information content (AvgIpc) is 2.54. The Morgan fingerprint density at radius 3 is 3.14 bits per heavy atom. The van der Waals surface area contributed by atoms with Crippen LogP contribution in [0.4, 0.5) is 0 Å². The average molecular weight is 186 g/mol. The molecule has 1 aliphatic rings. The molecule has 14 heavy (non-hydrogen) atoms. The van der Waals surface area contributed by atoms with Gasteiger partial charge in [-0.2, -0.15) is 10.2 Å². The molecule has 0 bridgehead atoms. The monoisotopic (exact) mass is 186 g/mol. The molecule has 0 atom stereocenters. The molecule has 0 saturated heterocycles. The molecule has 0 spiro atoms. The van der Waals surface area contributed by atoms with E-state index in [1.807, 2.05) is 23.9 Å². The summed E-state index contributed by atoms with van der Waals surface area (Å²) in [7, 11) is 0. The lowest BCUT2D eigenvalue weighted by Crippen LogP contribution is -2.04. The van der Waals surface area contributed by atoms with Crippen molar-refractivity contribution in [2.75, 3.05) is 0 Å². The maximum absolute atomic E-state index is 4.30. The third-order valence-corrected chi connectivity index (χ3v) is 2.45. The summed E-state index contributed by atoms with van der Waals surface area (Å²) in [5.41, 5.74) is 3.04. The smallest absolute Gasteiger partial charge is 0.183 e. The van der Waals surface area contributed by atoms with E-state index < -0.39 is 0 Å². The van der Waals surface area contributed by atoms with Gasteiger partial charge in [-0.25, -0.2) is 4.68 Å². The molecule has 2 aromatic rings. The van der Waals surface area contributed by atoms with Crippen LogP contribution in [-0.4, -0.2) is 21.1 Å². The first-order valence-corrected chi connectivity index (χ1v) is 4.72. The highest BCUT2D eigenvalue weighted by Crippen LogP contribution is 2.20. The molecule has 1 aliphatic heterocycles. The number of aryl methyl sites for hydroxylation is 2. The predicted octanol–water partition coefficient (Wildman–Crippen LogP) is 1.52. The van der Waals surface area contributed by atoms with Crippen LogP contribution in [0.25, 0.3) is 11.0 Å². The minimum Gasteiger partial charge on any atom is -0.217 e. The summed E-state index contributed by atoms with van der Waals surface area (Å²) in [5, 5.41) is 13.6. The second-order valence-corrected chi connectivity index (χ2v) is 3.55. The van der Waals surface area contributed by atoms with Gasteiger partial charge in [-0.3, -0.25) is 0 Å². The first-order valence-electron chi connectivity index (χ1n) is 4.72. The molecule has 0 aliphatic carbocycles. The first-order chi connectivity index (χ1) is 6.84. The van der Waals surface area contributed by atoms with Gasteiger partial charge in [0, 0.05) is 17.3 Å². The molecule has 3 heterocycles. The normalized spacial score (nSPS) is 14.6. The highest BCUT2D eigenvalue weighted by molar-refractivity contribution is 5.78. The molecule has 4 nitrogen and oxygen atoms in total. The Bertz CT molecular complexity index is 524. The van der Waals surface area contributed by atoms with Gasteiger partial charge in [0.05, 0.1) is 5.69 Å². The van der Waals surface area contributed by atoms with Gasteiger partial charge in [-0.1, -0.05) is 0 Å². The largest absolute Gasteiger partial charge is 0.217 e. The number of aromatic nitrogens is 3. The summed E-state index contributed by atoms with van der Waals surface area (Å²) >= 11 is 0. The number of hydrogen-bond donors (Lipinski definition) is 0. The van der Waals surface area contributed by atoms with E-state index in [-0.39, 0.29) is 0 Å². The Labute approximate surface area is 81.3 Å². The van der Waals surface area contributed by atoms with E-state index in [1.54, 1.807) is 0 Å². The predicted molar refractivity (Wildman–Crippen MR) is 54.5 cm³/mol. The summed E-state index contributed by atoms with van der Waals surface area (Å²) in [4.78, 5) is 0. The molecule has 0 unspecified atom stereocenters. The van der Waals surface area contributed by atoms with E-state index in [4.69, 9.17) is 0 Å². The van der Waals surface area contributed by atoms with Gasteiger partial charge in [0.2, 0.25) is 0 Å². The molecule has 4 heteroatoms. The Hall–Kier alpha value is -1.71. The van der Waals surface area contributed by atoms with Crippen LogP contribution < -0.4 is 0 Å². The quantitative estimate of drug-likeness (QED) is 0.626. The Morgan fingerprint density at radius 2 is 2.21 bits per heavy atom. The fourth-order valence-electron chi connectivity index (χ4n) is 1.81. The zero-order chi connectivity index (χ0) is 9.54. The number of nitrogens with zero attached hydrogens (tertiary/aromatic N) is 4. The summed E-state index contributed by atoms with van der Waals surface area (Å²) in [6.07, 6.45) is 3.98. The zero-order valence-corrected chi connectivity index (χ0v) is 7.94. The van der Waals surface area contributed by atoms with Gasteiger partial charge in [0.1, 0.15) is 0 Å². The number of hydrogen-bond acceptors (Lipinski definition) is 3. The summed E-state index contributed by atoms with van der Waals surface area (Å²) in [5.74, 6) is 0. The minimum atomic E-state index is 0.863. The van der Waals surface area contributed by atoms with Crippen LogP contribution in [0.2, 0.25) is 0 Å². The summed E-state index contributed by atoms with van der Waals surface area (Å²) < 4.78 is 1.88. The Balaban J connectivity index is 2.38. The van der Waals surface area contributed by atoms with Crippen LogP contribution in [0.15, 0.2) is 17.2 Å². The van der Waals surface area contributed by atoms with Gasteiger partial charge in [-0.05, 0) is 31.9 Å². The molecule has 0 fully saturated rings. The van der Waals surface area contributed by atoms with Crippen molar-refractivity contribution < 1.29 is 0 Å². The van der Waals surface area contributed by atoms with Crippen LogP contribution in [0.5, 0.6) is 0 Å². The molecule has 70 valence electrons. The van der Waals surface area contributed by atoms with Crippen LogP contribution in [0, 0.1) is 6.92 Å². The molecule has 2 aromatic heterocycles. The van der Waals surface area contributed by atoms with Gasteiger partial charge >= 0.3 is 0 Å². The SMILES string of the molecule is Cc1cc2cc3n(c2nn1)N=CCC3. The van der Waals surface area contributed by atoms with Crippen molar-refractivity contribution in [1.82, 2.24) is 14.9 Å². The maximum atomic E-state index is 4.30. The highest BCUT2D eigenvalue weighted by Gasteiger charge is 2.11. The van der Waals surface area contributed by atoms with E-state index in [9.17, 15) is 0 Å². The highest BCUT2D eigenvalue weighted by atomic mass is 15.4. The summed E-state index contributed by atoms with van der Waals surface area (Å²) in [6.45, 7) is 1.95. The zero-order valence-electron chi connectivity index (χ0n) is 7.94. The van der Waals surface area contributed by atoms with Gasteiger partial charge in [0.25, 0.3) is 0 Å². The molecule has 0 radical (unpaired) electrons. The van der Waals surface area contributed by atoms with Crippen LogP contribution in [0.3, 0.4) is 0 Å². The molecular weight excluding hydrogens is 176 g/mol. The Morgan fingerprint density at radius 1 is 1.29 bits per heavy atom. The number of rotatable bonds is 0. The standard InChI is InChI=1S/C10H10N4/c1-7-5-8-6-9-3-2-4-11-14(9)10(8)13-12-7/h4-6H,2-3H2,1H3. The third kappa shape index (κ3) is 0.968. The van der Waals surface area contributed by atoms with Crippen molar-refractivity contribution in [1.29, 1.82) is 0 Å². The van der Waals surface area contributed by atoms with Gasteiger partial charge < -0.3 is 0 Å². The molecular formula is C10H10N4. The van der Waals surface area contributed by atoms with E-state index in [1.165, 1.54) is 5.69 Å². The lowest BCUT2D eigenvalue weighted by molar-refractivity contribution is 0.773. The molecule has 0 amide bonds. The van der Waals surface area contributed by atoms with Crippen molar-refractivity contribution in [3.8, 4) is 0 Å². The molecule has 3 rings (SSSR count). The Kier molecular flexibility index (Phi) is 1.45. The topological polar surface area (TPSA) is 43.1 Å². The minimum absolute atomic E-state index is 0.863. The van der Waals surface area contributed by atoms with E-state index in [0.29, 0.717) is 0 Å². The second kappa shape index (κ2) is 2.64. The van der Waals surface area contributed by atoms with E-state index in [2.05, 4.69) is 21.4 Å². The fourth-order valence-corrected chi connectivity index (χ4v) is 1.81.